The number of ether oxygens (including phenoxy) is 1. The van der Waals surface area contributed by atoms with E-state index in [1.807, 2.05) is 6.08 Å². The summed E-state index contributed by atoms with van der Waals surface area (Å²) < 4.78 is 5.48. The van der Waals surface area contributed by atoms with Crippen molar-refractivity contribution < 1.29 is 24.5 Å². The van der Waals surface area contributed by atoms with Crippen molar-refractivity contribution in [3.63, 3.8) is 0 Å². The maximum atomic E-state index is 12.4. The first-order valence-electron chi connectivity index (χ1n) is 34.8. The third kappa shape index (κ3) is 63.1. The molecule has 0 aliphatic heterocycles. The molecule has 0 saturated carbocycles. The van der Waals surface area contributed by atoms with Gasteiger partial charge >= 0.3 is 5.97 Å². The lowest BCUT2D eigenvalue weighted by Crippen LogP contribution is -2.45. The number of amides is 1. The SMILES string of the molecule is CCCCCCCCC/C=C/C(O)C(CO)NC(=O)CCCCCCCCCCCCCCCCCCC/C=C\C/C=C\CCCCCCCCCCCCCCCCCOC(=O)CCCCCCCCCCCCCC. The maximum Gasteiger partial charge on any atom is 0.305 e. The third-order valence-corrected chi connectivity index (χ3v) is 16.2. The van der Waals surface area contributed by atoms with Gasteiger partial charge in [-0.15, -0.1) is 0 Å². The second-order valence-corrected chi connectivity index (χ2v) is 23.9. The fraction of sp³-hybridized carbons (Fsp3) is 0.887. The molecule has 0 spiro atoms. The van der Waals surface area contributed by atoms with Gasteiger partial charge in [0, 0.05) is 12.8 Å². The molecule has 454 valence electrons. The summed E-state index contributed by atoms with van der Waals surface area (Å²) in [6.07, 6.45) is 85.4. The first-order valence-corrected chi connectivity index (χ1v) is 34.8. The number of esters is 1. The van der Waals surface area contributed by atoms with Gasteiger partial charge in [0.05, 0.1) is 25.4 Å². The molecule has 2 atom stereocenters. The monoisotopic (exact) mass is 1080 g/mol. The molecule has 0 heterocycles. The van der Waals surface area contributed by atoms with Gasteiger partial charge in [-0.1, -0.05) is 339 Å². The zero-order valence-electron chi connectivity index (χ0n) is 52.0. The highest BCUT2D eigenvalue weighted by atomic mass is 16.5. The molecule has 0 bridgehead atoms. The smallest absolute Gasteiger partial charge is 0.305 e. The average Bonchev–Trinajstić information content (AvgIpc) is 3.43. The lowest BCUT2D eigenvalue weighted by Gasteiger charge is -2.20. The van der Waals surface area contributed by atoms with Gasteiger partial charge in [0.2, 0.25) is 5.91 Å². The van der Waals surface area contributed by atoms with Crippen molar-refractivity contribution in [2.45, 2.75) is 392 Å². The van der Waals surface area contributed by atoms with E-state index in [0.29, 0.717) is 19.4 Å². The highest BCUT2D eigenvalue weighted by Gasteiger charge is 2.18. The maximum absolute atomic E-state index is 12.4. The van der Waals surface area contributed by atoms with E-state index in [9.17, 15) is 19.8 Å². The van der Waals surface area contributed by atoms with Gasteiger partial charge in [0.25, 0.3) is 0 Å². The molecule has 2 unspecified atom stereocenters. The van der Waals surface area contributed by atoms with Crippen LogP contribution in [0.5, 0.6) is 0 Å². The molecule has 0 rings (SSSR count). The van der Waals surface area contributed by atoms with Crippen molar-refractivity contribution in [1.82, 2.24) is 5.32 Å². The van der Waals surface area contributed by atoms with Crippen molar-refractivity contribution in [3.8, 4) is 0 Å². The summed E-state index contributed by atoms with van der Waals surface area (Å²) in [6, 6.07) is -0.623. The lowest BCUT2D eigenvalue weighted by atomic mass is 10.0. The van der Waals surface area contributed by atoms with Crippen LogP contribution >= 0.6 is 0 Å². The highest BCUT2D eigenvalue weighted by molar-refractivity contribution is 5.76. The molecule has 6 heteroatoms. The Bertz CT molecular complexity index is 1250. The number of allylic oxidation sites excluding steroid dienone is 5. The minimum atomic E-state index is -0.840. The van der Waals surface area contributed by atoms with E-state index in [1.165, 1.54) is 308 Å². The standard InChI is InChI=1S/C71H135NO5/c1-3-5-7-9-11-13-14-45-49-53-57-61-65-71(76)77-66-62-58-54-50-46-43-41-39-37-35-33-31-29-27-25-23-21-19-17-15-16-18-20-22-24-26-28-30-32-34-36-38-40-42-44-48-52-56-60-64-70(75)72-68(67-73)69(74)63-59-55-51-47-12-10-8-6-4-2/h15-16,19,21,59,63,68-69,73-74H,3-14,17-18,20,22-58,60-62,64-67H2,1-2H3,(H,72,75)/b16-15-,21-19-,63-59+. The van der Waals surface area contributed by atoms with E-state index in [1.54, 1.807) is 6.08 Å². The van der Waals surface area contributed by atoms with Crippen LogP contribution in [-0.4, -0.2) is 47.4 Å². The van der Waals surface area contributed by atoms with Crippen molar-refractivity contribution in [1.29, 1.82) is 0 Å². The Hall–Kier alpha value is -1.92. The molecule has 0 aliphatic rings. The second kappa shape index (κ2) is 66.6. The molecule has 0 aliphatic carbocycles. The average molecular weight is 1080 g/mol. The summed E-state index contributed by atoms with van der Waals surface area (Å²) in [5.74, 6) is -0.0455. The number of unbranched alkanes of at least 4 members (excludes halogenated alkanes) is 50. The molecule has 0 fully saturated rings. The van der Waals surface area contributed by atoms with E-state index in [2.05, 4.69) is 43.5 Å². The summed E-state index contributed by atoms with van der Waals surface area (Å²) in [5.41, 5.74) is 0. The number of carbonyl (C=O) groups is 2. The molecule has 3 N–H and O–H groups in total. The summed E-state index contributed by atoms with van der Waals surface area (Å²) in [4.78, 5) is 24.4. The van der Waals surface area contributed by atoms with Gasteiger partial charge in [0.1, 0.15) is 0 Å². The van der Waals surface area contributed by atoms with Crippen LogP contribution in [0.4, 0.5) is 0 Å². The Kier molecular flexibility index (Phi) is 64.9. The van der Waals surface area contributed by atoms with Gasteiger partial charge in [-0.05, 0) is 64.2 Å². The molecular weight excluding hydrogens is 947 g/mol. The van der Waals surface area contributed by atoms with Gasteiger partial charge in [-0.2, -0.15) is 0 Å². The summed E-state index contributed by atoms with van der Waals surface area (Å²) in [5, 5.41) is 23.0. The highest BCUT2D eigenvalue weighted by Crippen LogP contribution is 2.18. The van der Waals surface area contributed by atoms with Crippen LogP contribution in [0.25, 0.3) is 0 Å². The van der Waals surface area contributed by atoms with Crippen LogP contribution in [0.15, 0.2) is 36.5 Å². The summed E-state index contributed by atoms with van der Waals surface area (Å²) in [6.45, 7) is 4.90. The van der Waals surface area contributed by atoms with E-state index in [-0.39, 0.29) is 18.5 Å². The topological polar surface area (TPSA) is 95.9 Å². The van der Waals surface area contributed by atoms with E-state index < -0.39 is 12.1 Å². The molecule has 0 saturated heterocycles. The number of rotatable bonds is 65. The summed E-state index contributed by atoms with van der Waals surface area (Å²) in [7, 11) is 0. The van der Waals surface area contributed by atoms with Gasteiger partial charge in [-0.25, -0.2) is 0 Å². The van der Waals surface area contributed by atoms with Crippen LogP contribution in [0.2, 0.25) is 0 Å². The molecule has 0 aromatic carbocycles. The Morgan fingerprint density at radius 3 is 0.987 bits per heavy atom. The molecule has 1 amide bonds. The molecule has 77 heavy (non-hydrogen) atoms. The molecule has 0 aromatic heterocycles. The van der Waals surface area contributed by atoms with E-state index in [0.717, 1.165) is 44.9 Å². The fourth-order valence-corrected chi connectivity index (χ4v) is 10.8. The van der Waals surface area contributed by atoms with Gasteiger partial charge in [-0.3, -0.25) is 9.59 Å². The lowest BCUT2D eigenvalue weighted by molar-refractivity contribution is -0.143. The number of aliphatic hydroxyl groups excluding tert-OH is 2. The molecule has 6 nitrogen and oxygen atoms in total. The van der Waals surface area contributed by atoms with Crippen LogP contribution in [0.1, 0.15) is 380 Å². The van der Waals surface area contributed by atoms with Crippen molar-refractivity contribution in [2.75, 3.05) is 13.2 Å². The van der Waals surface area contributed by atoms with Crippen LogP contribution < -0.4 is 5.32 Å². The Balaban J connectivity index is 3.33. The minimum absolute atomic E-state index is 0.0210. The van der Waals surface area contributed by atoms with Crippen LogP contribution in [-0.2, 0) is 14.3 Å². The van der Waals surface area contributed by atoms with E-state index >= 15 is 0 Å². The third-order valence-electron chi connectivity index (χ3n) is 16.2. The largest absolute Gasteiger partial charge is 0.466 e. The van der Waals surface area contributed by atoms with Crippen molar-refractivity contribution in [2.24, 2.45) is 0 Å². The predicted molar refractivity (Wildman–Crippen MR) is 338 cm³/mol. The van der Waals surface area contributed by atoms with Crippen LogP contribution in [0.3, 0.4) is 0 Å². The Morgan fingerprint density at radius 1 is 0.364 bits per heavy atom. The van der Waals surface area contributed by atoms with E-state index in [4.69, 9.17) is 4.74 Å². The minimum Gasteiger partial charge on any atom is -0.466 e. The Labute approximate surface area is 481 Å². The fourth-order valence-electron chi connectivity index (χ4n) is 10.8. The zero-order valence-corrected chi connectivity index (χ0v) is 52.0. The normalized spacial score (nSPS) is 12.7. The number of aliphatic hydroxyl groups is 2. The Morgan fingerprint density at radius 2 is 0.649 bits per heavy atom. The van der Waals surface area contributed by atoms with Gasteiger partial charge < -0.3 is 20.3 Å². The summed E-state index contributed by atoms with van der Waals surface area (Å²) >= 11 is 0. The van der Waals surface area contributed by atoms with Crippen LogP contribution in [0, 0.1) is 0 Å². The first kappa shape index (κ1) is 75.1. The molecule has 0 aromatic rings. The molecule has 0 radical (unpaired) electrons. The van der Waals surface area contributed by atoms with Gasteiger partial charge in [0.15, 0.2) is 0 Å². The molecular formula is C71H135NO5. The van der Waals surface area contributed by atoms with Crippen molar-refractivity contribution in [3.05, 3.63) is 36.5 Å². The first-order chi connectivity index (χ1) is 38.0. The van der Waals surface area contributed by atoms with Crippen molar-refractivity contribution >= 4 is 11.9 Å². The number of nitrogens with one attached hydrogen (secondary N) is 1. The predicted octanol–water partition coefficient (Wildman–Crippen LogP) is 22.3. The second-order valence-electron chi connectivity index (χ2n) is 23.9. The quantitative estimate of drug-likeness (QED) is 0.0320. The number of hydrogen-bond donors (Lipinski definition) is 3. The number of hydrogen-bond acceptors (Lipinski definition) is 5. The zero-order chi connectivity index (χ0) is 55.7. The number of carbonyl (C=O) groups excluding carboxylic acids is 2.